The summed E-state index contributed by atoms with van der Waals surface area (Å²) >= 11 is 0. The normalized spacial score (nSPS) is 21.5. The van der Waals surface area contributed by atoms with Gasteiger partial charge in [0.25, 0.3) is 0 Å². The lowest BCUT2D eigenvalue weighted by Gasteiger charge is -2.17. The van der Waals surface area contributed by atoms with Gasteiger partial charge in [-0.3, -0.25) is 10.00 Å². The Hall–Kier alpha value is -1.65. The van der Waals surface area contributed by atoms with Crippen molar-refractivity contribution in [1.29, 1.82) is 0 Å². The number of aryl methyl sites for hydroxylation is 1. The molecule has 0 aliphatic carbocycles. The van der Waals surface area contributed by atoms with E-state index in [2.05, 4.69) is 46.3 Å². The van der Waals surface area contributed by atoms with Crippen LogP contribution in [0, 0.1) is 0 Å². The highest BCUT2D eigenvalue weighted by molar-refractivity contribution is 5.30. The topological polar surface area (TPSA) is 41.2 Å². The summed E-state index contributed by atoms with van der Waals surface area (Å²) in [5.74, 6) is 0.548. The summed E-state index contributed by atoms with van der Waals surface area (Å²) < 4.78 is 5.63. The molecule has 1 saturated heterocycles. The average molecular weight is 311 g/mol. The number of hydrogen-bond donors (Lipinski definition) is 1. The molecule has 0 spiro atoms. The molecule has 1 fully saturated rings. The van der Waals surface area contributed by atoms with Crippen molar-refractivity contribution in [2.45, 2.75) is 45.3 Å². The van der Waals surface area contributed by atoms with Crippen molar-refractivity contribution in [3.05, 3.63) is 52.3 Å². The third kappa shape index (κ3) is 3.06. The molecular weight excluding hydrogens is 286 g/mol. The molecule has 122 valence electrons. The van der Waals surface area contributed by atoms with Crippen molar-refractivity contribution in [3.63, 3.8) is 0 Å². The second kappa shape index (κ2) is 6.46. The monoisotopic (exact) mass is 311 g/mol. The molecule has 1 unspecified atom stereocenters. The highest BCUT2D eigenvalue weighted by Crippen LogP contribution is 2.32. The van der Waals surface area contributed by atoms with Crippen LogP contribution in [0.1, 0.15) is 47.3 Å². The Bertz CT molecular complexity index is 662. The van der Waals surface area contributed by atoms with Gasteiger partial charge in [0.1, 0.15) is 0 Å². The fourth-order valence-corrected chi connectivity index (χ4v) is 3.81. The van der Waals surface area contributed by atoms with E-state index in [9.17, 15) is 0 Å². The van der Waals surface area contributed by atoms with Crippen LogP contribution in [0.15, 0.2) is 24.3 Å². The zero-order valence-electron chi connectivity index (χ0n) is 13.8. The van der Waals surface area contributed by atoms with Crippen LogP contribution in [0.4, 0.5) is 0 Å². The van der Waals surface area contributed by atoms with Gasteiger partial charge in [-0.2, -0.15) is 5.10 Å². The first-order valence-corrected chi connectivity index (χ1v) is 8.77. The molecule has 2 aliphatic rings. The first-order chi connectivity index (χ1) is 11.3. The molecule has 1 N–H and O–H groups in total. The number of aromatic nitrogens is 2. The van der Waals surface area contributed by atoms with E-state index < -0.39 is 0 Å². The van der Waals surface area contributed by atoms with Crippen LogP contribution < -0.4 is 0 Å². The number of nitrogens with zero attached hydrogens (tertiary/aromatic N) is 2. The Morgan fingerprint density at radius 1 is 1.26 bits per heavy atom. The maximum absolute atomic E-state index is 5.63. The molecule has 0 amide bonds. The molecule has 0 bridgehead atoms. The van der Waals surface area contributed by atoms with Crippen LogP contribution in [0.5, 0.6) is 0 Å². The zero-order valence-corrected chi connectivity index (χ0v) is 13.8. The maximum atomic E-state index is 5.63. The molecule has 0 radical (unpaired) electrons. The minimum Gasteiger partial charge on any atom is -0.376 e. The molecule has 2 aliphatic heterocycles. The Labute approximate surface area is 137 Å². The van der Waals surface area contributed by atoms with E-state index in [4.69, 9.17) is 4.74 Å². The number of fused-ring (bicyclic) bond motifs is 1. The zero-order chi connectivity index (χ0) is 15.6. The predicted molar refractivity (Wildman–Crippen MR) is 90.4 cm³/mol. The van der Waals surface area contributed by atoms with E-state index in [0.29, 0.717) is 5.92 Å². The second-order valence-electron chi connectivity index (χ2n) is 6.76. The van der Waals surface area contributed by atoms with Crippen molar-refractivity contribution < 1.29 is 4.74 Å². The van der Waals surface area contributed by atoms with Crippen LogP contribution in [-0.2, 0) is 30.7 Å². The Morgan fingerprint density at radius 2 is 2.09 bits per heavy atom. The number of H-pyrrole nitrogens is 1. The lowest BCUT2D eigenvalue weighted by atomic mass is 9.98. The van der Waals surface area contributed by atoms with Gasteiger partial charge in [-0.25, -0.2) is 0 Å². The molecule has 23 heavy (non-hydrogen) atoms. The number of aromatic amines is 1. The lowest BCUT2D eigenvalue weighted by Crippen LogP contribution is -2.20. The number of hydrogen-bond acceptors (Lipinski definition) is 3. The molecule has 4 rings (SSSR count). The van der Waals surface area contributed by atoms with E-state index in [1.807, 2.05) is 0 Å². The van der Waals surface area contributed by atoms with Crippen LogP contribution in [0.3, 0.4) is 0 Å². The van der Waals surface area contributed by atoms with E-state index in [1.165, 1.54) is 34.5 Å². The van der Waals surface area contributed by atoms with E-state index in [-0.39, 0.29) is 0 Å². The van der Waals surface area contributed by atoms with E-state index in [0.717, 1.165) is 45.7 Å². The first-order valence-electron chi connectivity index (χ1n) is 8.77. The lowest BCUT2D eigenvalue weighted by molar-refractivity contribution is 0.109. The average Bonchev–Trinajstić information content (AvgIpc) is 3.22. The Balaban J connectivity index is 1.41. The number of nitrogens with one attached hydrogen (secondary N) is 1. The van der Waals surface area contributed by atoms with Crippen molar-refractivity contribution >= 4 is 0 Å². The van der Waals surface area contributed by atoms with Crippen LogP contribution in [-0.4, -0.2) is 34.8 Å². The highest BCUT2D eigenvalue weighted by Gasteiger charge is 2.29. The van der Waals surface area contributed by atoms with Crippen LogP contribution in [0.25, 0.3) is 0 Å². The van der Waals surface area contributed by atoms with Gasteiger partial charge in [0.15, 0.2) is 0 Å². The molecule has 4 heteroatoms. The number of ether oxygens (including phenoxy) is 1. The second-order valence-corrected chi connectivity index (χ2v) is 6.76. The Kier molecular flexibility index (Phi) is 4.19. The third-order valence-corrected chi connectivity index (χ3v) is 5.22. The van der Waals surface area contributed by atoms with Gasteiger partial charge in [-0.1, -0.05) is 31.2 Å². The number of likely N-dealkylation sites (tertiary alicyclic amines) is 1. The first kappa shape index (κ1) is 14.9. The van der Waals surface area contributed by atoms with Crippen molar-refractivity contribution in [2.75, 3.05) is 19.7 Å². The summed E-state index contributed by atoms with van der Waals surface area (Å²) in [5.41, 5.74) is 6.70. The largest absolute Gasteiger partial charge is 0.376 e. The molecule has 2 aromatic rings. The maximum Gasteiger partial charge on any atom is 0.0753 e. The molecule has 0 saturated carbocycles. The fraction of sp³-hybridized carbons (Fsp3) is 0.526. The minimum absolute atomic E-state index is 0.548. The van der Waals surface area contributed by atoms with Gasteiger partial charge in [-0.15, -0.1) is 0 Å². The van der Waals surface area contributed by atoms with Gasteiger partial charge >= 0.3 is 0 Å². The fourth-order valence-electron chi connectivity index (χ4n) is 3.81. The molecule has 3 heterocycles. The SMILES string of the molecule is CCc1ccc(CN2CCC(c3n[nH]c4c3COCC4)C2)cc1. The van der Waals surface area contributed by atoms with Crippen molar-refractivity contribution in [3.8, 4) is 0 Å². The van der Waals surface area contributed by atoms with Crippen molar-refractivity contribution in [1.82, 2.24) is 15.1 Å². The third-order valence-electron chi connectivity index (χ3n) is 5.22. The molecule has 1 aromatic heterocycles. The number of rotatable bonds is 4. The standard InChI is InChI=1S/C19H25N3O/c1-2-14-3-5-15(6-4-14)11-22-9-7-16(12-22)19-17-13-23-10-8-18(17)20-21-19/h3-6,16H,2,7-13H2,1H3,(H,20,21). The van der Waals surface area contributed by atoms with Gasteiger partial charge in [0.2, 0.25) is 0 Å². The Morgan fingerprint density at radius 3 is 2.91 bits per heavy atom. The van der Waals surface area contributed by atoms with Crippen LogP contribution >= 0.6 is 0 Å². The molecule has 1 aromatic carbocycles. The highest BCUT2D eigenvalue weighted by atomic mass is 16.5. The van der Waals surface area contributed by atoms with Crippen LogP contribution in [0.2, 0.25) is 0 Å². The summed E-state index contributed by atoms with van der Waals surface area (Å²) in [6, 6.07) is 9.06. The summed E-state index contributed by atoms with van der Waals surface area (Å²) in [5, 5.41) is 7.84. The van der Waals surface area contributed by atoms with E-state index >= 15 is 0 Å². The van der Waals surface area contributed by atoms with Crippen molar-refractivity contribution in [2.24, 2.45) is 0 Å². The number of benzene rings is 1. The predicted octanol–water partition coefficient (Wildman–Crippen LogP) is 3.03. The summed E-state index contributed by atoms with van der Waals surface area (Å²) in [7, 11) is 0. The molecule has 1 atom stereocenters. The van der Waals surface area contributed by atoms with Gasteiger partial charge in [0, 0.05) is 36.7 Å². The van der Waals surface area contributed by atoms with Gasteiger partial charge in [0.05, 0.1) is 18.9 Å². The minimum atomic E-state index is 0.548. The molecule has 4 nitrogen and oxygen atoms in total. The smallest absolute Gasteiger partial charge is 0.0753 e. The molecular formula is C19H25N3O. The summed E-state index contributed by atoms with van der Waals surface area (Å²) in [6.07, 6.45) is 3.28. The van der Waals surface area contributed by atoms with E-state index in [1.54, 1.807) is 0 Å². The quantitative estimate of drug-likeness (QED) is 0.943. The summed E-state index contributed by atoms with van der Waals surface area (Å²) in [4.78, 5) is 2.55. The van der Waals surface area contributed by atoms with Gasteiger partial charge < -0.3 is 4.74 Å². The summed E-state index contributed by atoms with van der Waals surface area (Å²) in [6.45, 7) is 7.06. The van der Waals surface area contributed by atoms with Gasteiger partial charge in [-0.05, 0) is 30.5 Å².